The molecule has 2 fully saturated rings. The molecule has 2 aliphatic carbocycles. The molecule has 0 aliphatic heterocycles. The lowest BCUT2D eigenvalue weighted by atomic mass is 9.96. The van der Waals surface area contributed by atoms with Crippen molar-refractivity contribution in [3.05, 3.63) is 24.3 Å². The maximum atomic E-state index is 12.5. The highest BCUT2D eigenvalue weighted by atomic mass is 32.2. The molecule has 116 valence electrons. The van der Waals surface area contributed by atoms with Gasteiger partial charge in [-0.05, 0) is 61.8 Å². The van der Waals surface area contributed by atoms with Crippen molar-refractivity contribution in [2.24, 2.45) is 11.8 Å². The lowest BCUT2D eigenvalue weighted by Crippen LogP contribution is -2.38. The van der Waals surface area contributed by atoms with E-state index in [4.69, 9.17) is 0 Å². The van der Waals surface area contributed by atoms with Crippen molar-refractivity contribution in [1.82, 2.24) is 4.72 Å². The van der Waals surface area contributed by atoms with Crippen LogP contribution >= 0.6 is 0 Å². The van der Waals surface area contributed by atoms with Crippen molar-refractivity contribution in [2.75, 3.05) is 11.9 Å². The molecule has 3 rings (SSSR count). The molecule has 0 saturated heterocycles. The van der Waals surface area contributed by atoms with Gasteiger partial charge in [-0.3, -0.25) is 0 Å². The van der Waals surface area contributed by atoms with E-state index in [2.05, 4.69) is 17.0 Å². The van der Waals surface area contributed by atoms with E-state index in [0.29, 0.717) is 10.8 Å². The second-order valence-electron chi connectivity index (χ2n) is 6.35. The number of benzene rings is 1. The molecule has 2 N–H and O–H groups in total. The number of sulfonamides is 1. The summed E-state index contributed by atoms with van der Waals surface area (Å²) >= 11 is 0. The molecule has 1 aromatic carbocycles. The van der Waals surface area contributed by atoms with Gasteiger partial charge < -0.3 is 5.32 Å². The van der Waals surface area contributed by atoms with Crippen LogP contribution in [0.25, 0.3) is 0 Å². The summed E-state index contributed by atoms with van der Waals surface area (Å²) in [6.45, 7) is 3.00. The molecule has 2 bridgehead atoms. The fourth-order valence-corrected chi connectivity index (χ4v) is 5.00. The van der Waals surface area contributed by atoms with E-state index < -0.39 is 10.0 Å². The van der Waals surface area contributed by atoms with E-state index in [9.17, 15) is 8.42 Å². The predicted octanol–water partition coefficient (Wildman–Crippen LogP) is 2.98. The van der Waals surface area contributed by atoms with Crippen LogP contribution in [0.3, 0.4) is 0 Å². The van der Waals surface area contributed by atoms with Crippen LogP contribution in [0.2, 0.25) is 0 Å². The van der Waals surface area contributed by atoms with Crippen LogP contribution in [0, 0.1) is 11.8 Å². The fourth-order valence-electron chi connectivity index (χ4n) is 3.68. The average Bonchev–Trinajstić information content (AvgIpc) is 3.07. The summed E-state index contributed by atoms with van der Waals surface area (Å²) in [5.41, 5.74) is 0.968. The molecule has 3 atom stereocenters. The van der Waals surface area contributed by atoms with E-state index in [-0.39, 0.29) is 6.04 Å². The quantitative estimate of drug-likeness (QED) is 0.849. The minimum Gasteiger partial charge on any atom is -0.385 e. The second kappa shape index (κ2) is 5.97. The van der Waals surface area contributed by atoms with Crippen LogP contribution in [0.1, 0.15) is 39.0 Å². The van der Waals surface area contributed by atoms with Crippen LogP contribution in [-0.4, -0.2) is 21.0 Å². The van der Waals surface area contributed by atoms with Crippen molar-refractivity contribution >= 4 is 15.7 Å². The van der Waals surface area contributed by atoms with Crippen LogP contribution in [0.15, 0.2) is 29.2 Å². The van der Waals surface area contributed by atoms with Crippen molar-refractivity contribution in [3.63, 3.8) is 0 Å². The molecule has 4 nitrogen and oxygen atoms in total. The number of fused-ring (bicyclic) bond motifs is 2. The summed E-state index contributed by atoms with van der Waals surface area (Å²) in [5, 5.41) is 3.25. The number of rotatable bonds is 6. The zero-order valence-electron chi connectivity index (χ0n) is 12.5. The highest BCUT2D eigenvalue weighted by molar-refractivity contribution is 7.89. The summed E-state index contributed by atoms with van der Waals surface area (Å²) in [6.07, 6.45) is 5.72. The van der Waals surface area contributed by atoms with E-state index in [1.54, 1.807) is 12.1 Å². The Morgan fingerprint density at radius 1 is 1.14 bits per heavy atom. The number of nitrogens with one attached hydrogen (secondary N) is 2. The molecule has 2 saturated carbocycles. The highest BCUT2D eigenvalue weighted by Crippen LogP contribution is 2.44. The normalized spacial score (nSPS) is 28.0. The van der Waals surface area contributed by atoms with Gasteiger partial charge in [0.15, 0.2) is 0 Å². The van der Waals surface area contributed by atoms with Crippen LogP contribution < -0.4 is 10.0 Å². The van der Waals surface area contributed by atoms with E-state index >= 15 is 0 Å². The molecule has 2 aliphatic rings. The zero-order chi connectivity index (χ0) is 14.9. The van der Waals surface area contributed by atoms with Crippen LogP contribution in [0.4, 0.5) is 5.69 Å². The first-order chi connectivity index (χ1) is 10.1. The van der Waals surface area contributed by atoms with Gasteiger partial charge in [0.05, 0.1) is 4.90 Å². The molecular formula is C16H24N2O2S. The zero-order valence-corrected chi connectivity index (χ0v) is 13.3. The minimum atomic E-state index is -3.38. The van der Waals surface area contributed by atoms with Gasteiger partial charge in [-0.15, -0.1) is 0 Å². The largest absolute Gasteiger partial charge is 0.385 e. The summed E-state index contributed by atoms with van der Waals surface area (Å²) < 4.78 is 27.8. The van der Waals surface area contributed by atoms with Gasteiger partial charge in [0.2, 0.25) is 10.0 Å². The van der Waals surface area contributed by atoms with Crippen molar-refractivity contribution in [3.8, 4) is 0 Å². The summed E-state index contributed by atoms with van der Waals surface area (Å²) in [5.74, 6) is 1.29. The second-order valence-corrected chi connectivity index (χ2v) is 8.07. The van der Waals surface area contributed by atoms with Gasteiger partial charge in [0.1, 0.15) is 0 Å². The van der Waals surface area contributed by atoms with Crippen molar-refractivity contribution in [2.45, 2.75) is 50.0 Å². The van der Waals surface area contributed by atoms with Gasteiger partial charge in [0.25, 0.3) is 0 Å². The Labute approximate surface area is 127 Å². The van der Waals surface area contributed by atoms with Gasteiger partial charge in [-0.1, -0.05) is 13.3 Å². The first-order valence-corrected chi connectivity index (χ1v) is 9.43. The van der Waals surface area contributed by atoms with Gasteiger partial charge in [-0.25, -0.2) is 13.1 Å². The maximum absolute atomic E-state index is 12.5. The Hall–Kier alpha value is -1.07. The van der Waals surface area contributed by atoms with Crippen LogP contribution in [0.5, 0.6) is 0 Å². The molecule has 0 heterocycles. The Bertz CT molecular complexity index is 583. The summed E-state index contributed by atoms with van der Waals surface area (Å²) in [4.78, 5) is 0.368. The van der Waals surface area contributed by atoms with E-state index in [1.165, 1.54) is 19.3 Å². The Morgan fingerprint density at radius 3 is 2.48 bits per heavy atom. The molecule has 1 aromatic rings. The summed E-state index contributed by atoms with van der Waals surface area (Å²) in [6, 6.07) is 7.20. The monoisotopic (exact) mass is 308 g/mol. The molecule has 0 aromatic heterocycles. The molecule has 0 radical (unpaired) electrons. The number of anilines is 1. The molecule has 21 heavy (non-hydrogen) atoms. The Kier molecular flexibility index (Phi) is 4.22. The van der Waals surface area contributed by atoms with E-state index in [1.807, 2.05) is 12.1 Å². The summed E-state index contributed by atoms with van der Waals surface area (Å²) in [7, 11) is -3.38. The average molecular weight is 308 g/mol. The fraction of sp³-hybridized carbons (Fsp3) is 0.625. The Morgan fingerprint density at radius 2 is 1.90 bits per heavy atom. The lowest BCUT2D eigenvalue weighted by Gasteiger charge is -2.22. The first kappa shape index (κ1) is 14.9. The third-order valence-electron chi connectivity index (χ3n) is 4.79. The first-order valence-electron chi connectivity index (χ1n) is 7.95. The standard InChI is InChI=1S/C16H24N2O2S/c1-2-9-17-14-5-7-15(8-6-14)21(19,20)18-16-11-12-3-4-13(16)10-12/h5-8,12-13,16-18H,2-4,9-11H2,1H3. The molecule has 5 heteroatoms. The third kappa shape index (κ3) is 3.24. The molecular weight excluding hydrogens is 284 g/mol. The van der Waals surface area contributed by atoms with Gasteiger partial charge in [0, 0.05) is 18.3 Å². The van der Waals surface area contributed by atoms with Gasteiger partial charge >= 0.3 is 0 Å². The van der Waals surface area contributed by atoms with Crippen LogP contribution in [-0.2, 0) is 10.0 Å². The van der Waals surface area contributed by atoms with E-state index in [0.717, 1.165) is 31.0 Å². The van der Waals surface area contributed by atoms with Crippen molar-refractivity contribution in [1.29, 1.82) is 0 Å². The van der Waals surface area contributed by atoms with Crippen molar-refractivity contribution < 1.29 is 8.42 Å². The number of hydrogen-bond acceptors (Lipinski definition) is 3. The predicted molar refractivity (Wildman–Crippen MR) is 84.8 cm³/mol. The molecule has 0 spiro atoms. The maximum Gasteiger partial charge on any atom is 0.240 e. The molecule has 0 amide bonds. The Balaban J connectivity index is 1.67. The smallest absolute Gasteiger partial charge is 0.240 e. The topological polar surface area (TPSA) is 58.2 Å². The molecule has 3 unspecified atom stereocenters. The third-order valence-corrected chi connectivity index (χ3v) is 6.29. The van der Waals surface area contributed by atoms with Gasteiger partial charge in [-0.2, -0.15) is 0 Å². The highest BCUT2D eigenvalue weighted by Gasteiger charge is 2.41. The number of hydrogen-bond donors (Lipinski definition) is 2. The SMILES string of the molecule is CCCNc1ccc(S(=O)(=O)NC2CC3CCC2C3)cc1. The minimum absolute atomic E-state index is 0.145. The lowest BCUT2D eigenvalue weighted by molar-refractivity contribution is 0.390.